The smallest absolute Gasteiger partial charge is 0.300 e. The molecule has 2 fully saturated rings. The van der Waals surface area contributed by atoms with E-state index < -0.39 is 5.97 Å². The van der Waals surface area contributed by atoms with E-state index in [9.17, 15) is 4.79 Å². The zero-order valence-electron chi connectivity index (χ0n) is 15.5. The summed E-state index contributed by atoms with van der Waals surface area (Å²) in [5, 5.41) is 17.5. The first kappa shape index (κ1) is 18.9. The van der Waals surface area contributed by atoms with E-state index in [1.807, 2.05) is 11.0 Å². The van der Waals surface area contributed by atoms with Gasteiger partial charge in [0, 0.05) is 38.5 Å². The average molecular weight is 371 g/mol. The van der Waals surface area contributed by atoms with Gasteiger partial charge in [-0.25, -0.2) is 0 Å². The summed E-state index contributed by atoms with van der Waals surface area (Å²) in [5.41, 5.74) is 8.59. The number of nitrogens with one attached hydrogen (secondary N) is 2. The van der Waals surface area contributed by atoms with Gasteiger partial charge >= 0.3 is 0 Å². The maximum Gasteiger partial charge on any atom is 0.300 e. The zero-order chi connectivity index (χ0) is 19.6. The number of rotatable bonds is 2. The molecule has 0 aliphatic carbocycles. The average Bonchev–Trinajstić information content (AvgIpc) is 3.30. The molecule has 1 aromatic carbocycles. The molecule has 0 spiro atoms. The Morgan fingerprint density at radius 3 is 2.63 bits per heavy atom. The fraction of sp³-hybridized carbons (Fsp3) is 0.421. The lowest BCUT2D eigenvalue weighted by Crippen LogP contribution is -2.35. The van der Waals surface area contributed by atoms with Crippen LogP contribution in [0, 0.1) is 18.8 Å². The molecule has 27 heavy (non-hydrogen) atoms. The van der Waals surface area contributed by atoms with E-state index in [1.165, 1.54) is 11.1 Å². The third-order valence-electron chi connectivity index (χ3n) is 5.16. The SMILES string of the molecule is CC(=O)O.Cc1ccccc1[C@@H]1[C@H]2CNC[C@H]2CN1C(=O)c1cc(N)n[nH]1. The monoisotopic (exact) mass is 371 g/mol. The number of nitrogens with zero attached hydrogens (tertiary/aromatic N) is 2. The van der Waals surface area contributed by atoms with Gasteiger partial charge in [0.05, 0.1) is 6.04 Å². The largest absolute Gasteiger partial charge is 0.481 e. The van der Waals surface area contributed by atoms with E-state index in [0.29, 0.717) is 23.3 Å². The number of aromatic nitrogens is 2. The van der Waals surface area contributed by atoms with Crippen LogP contribution in [0.5, 0.6) is 0 Å². The number of likely N-dealkylation sites (tertiary alicyclic amines) is 1. The van der Waals surface area contributed by atoms with Crippen LogP contribution in [0.25, 0.3) is 0 Å². The molecule has 2 aromatic rings. The number of fused-ring (bicyclic) bond motifs is 1. The standard InChI is InChI=1S/C17H21N5O.C2H4O2/c1-10-4-2-3-5-12(10)16-13-8-19-7-11(13)9-22(16)17(23)14-6-15(18)21-20-14;1-2(3)4/h2-6,11,13,16,19H,7-9H2,1H3,(H3,18,20,21);1H3,(H,3,4)/t11-,13-,16+;/m0./s1. The summed E-state index contributed by atoms with van der Waals surface area (Å²) < 4.78 is 0. The number of hydrogen-bond acceptors (Lipinski definition) is 5. The Morgan fingerprint density at radius 1 is 1.30 bits per heavy atom. The third kappa shape index (κ3) is 3.95. The number of aromatic amines is 1. The van der Waals surface area contributed by atoms with Crippen molar-refractivity contribution in [2.24, 2.45) is 11.8 Å². The molecule has 2 saturated heterocycles. The number of anilines is 1. The van der Waals surface area contributed by atoms with Gasteiger partial charge in [0.15, 0.2) is 0 Å². The number of carboxylic acid groups (broad SMARTS) is 1. The molecule has 2 aliphatic rings. The molecule has 144 valence electrons. The minimum absolute atomic E-state index is 0.0168. The molecule has 8 nitrogen and oxygen atoms in total. The van der Waals surface area contributed by atoms with Crippen LogP contribution < -0.4 is 11.1 Å². The Balaban J connectivity index is 0.000000481. The van der Waals surface area contributed by atoms with Crippen molar-refractivity contribution in [2.45, 2.75) is 19.9 Å². The second-order valence-corrected chi connectivity index (χ2v) is 7.07. The van der Waals surface area contributed by atoms with Gasteiger partial charge in [-0.1, -0.05) is 24.3 Å². The summed E-state index contributed by atoms with van der Waals surface area (Å²) in [6, 6.07) is 10.1. The lowest BCUT2D eigenvalue weighted by atomic mass is 9.87. The highest BCUT2D eigenvalue weighted by Gasteiger charge is 2.47. The first-order chi connectivity index (χ1) is 12.9. The number of carbonyl (C=O) groups excluding carboxylic acids is 1. The van der Waals surface area contributed by atoms with Crippen molar-refractivity contribution in [3.8, 4) is 0 Å². The number of aryl methyl sites for hydroxylation is 1. The number of carbonyl (C=O) groups is 2. The Morgan fingerprint density at radius 2 is 2.00 bits per heavy atom. The topological polar surface area (TPSA) is 124 Å². The van der Waals surface area contributed by atoms with Gasteiger partial charge in [-0.2, -0.15) is 5.10 Å². The van der Waals surface area contributed by atoms with Crippen molar-refractivity contribution < 1.29 is 14.7 Å². The van der Waals surface area contributed by atoms with Crippen molar-refractivity contribution in [1.82, 2.24) is 20.4 Å². The summed E-state index contributed by atoms with van der Waals surface area (Å²) in [7, 11) is 0. The fourth-order valence-corrected chi connectivity index (χ4v) is 4.05. The maximum atomic E-state index is 13.0. The number of carboxylic acids is 1. The first-order valence-electron chi connectivity index (χ1n) is 8.96. The minimum Gasteiger partial charge on any atom is -0.481 e. The number of nitrogens with two attached hydrogens (primary N) is 1. The summed E-state index contributed by atoms with van der Waals surface area (Å²) in [6.07, 6.45) is 0. The van der Waals surface area contributed by atoms with Crippen LogP contribution in [0.4, 0.5) is 5.82 Å². The predicted molar refractivity (Wildman–Crippen MR) is 101 cm³/mol. The molecule has 0 radical (unpaired) electrons. The number of benzene rings is 1. The van der Waals surface area contributed by atoms with Gasteiger partial charge in [0.25, 0.3) is 11.9 Å². The molecule has 4 rings (SSSR count). The zero-order valence-corrected chi connectivity index (χ0v) is 15.5. The summed E-state index contributed by atoms with van der Waals surface area (Å²) in [6.45, 7) is 5.90. The van der Waals surface area contributed by atoms with Gasteiger partial charge in [-0.05, 0) is 24.0 Å². The molecule has 0 saturated carbocycles. The molecule has 3 heterocycles. The summed E-state index contributed by atoms with van der Waals surface area (Å²) in [5.74, 6) is 0.461. The Bertz CT molecular complexity index is 830. The van der Waals surface area contributed by atoms with Crippen molar-refractivity contribution >= 4 is 17.7 Å². The van der Waals surface area contributed by atoms with Crippen LogP contribution >= 0.6 is 0 Å². The number of aliphatic carboxylic acids is 1. The number of H-pyrrole nitrogens is 1. The molecule has 0 unspecified atom stereocenters. The van der Waals surface area contributed by atoms with Gasteiger partial charge in [-0.3, -0.25) is 14.7 Å². The normalized spacial score (nSPS) is 23.5. The first-order valence-corrected chi connectivity index (χ1v) is 8.96. The molecule has 1 amide bonds. The molecule has 5 N–H and O–H groups in total. The maximum absolute atomic E-state index is 13.0. The fourth-order valence-electron chi connectivity index (χ4n) is 4.05. The van der Waals surface area contributed by atoms with Gasteiger partial charge < -0.3 is 21.1 Å². The lowest BCUT2D eigenvalue weighted by molar-refractivity contribution is -0.134. The molecule has 2 aliphatic heterocycles. The number of amides is 1. The van der Waals surface area contributed by atoms with Gasteiger partial charge in [0.2, 0.25) is 0 Å². The molecular formula is C19H25N5O3. The van der Waals surface area contributed by atoms with Crippen LogP contribution in [-0.2, 0) is 4.79 Å². The molecule has 3 atom stereocenters. The predicted octanol–water partition coefficient (Wildman–Crippen LogP) is 1.42. The van der Waals surface area contributed by atoms with Crippen molar-refractivity contribution in [3.63, 3.8) is 0 Å². The van der Waals surface area contributed by atoms with Crippen molar-refractivity contribution in [3.05, 3.63) is 47.2 Å². The third-order valence-corrected chi connectivity index (χ3v) is 5.16. The van der Waals surface area contributed by atoms with Crippen LogP contribution in [0.15, 0.2) is 30.3 Å². The number of nitrogen functional groups attached to an aromatic ring is 1. The van der Waals surface area contributed by atoms with Crippen LogP contribution in [0.2, 0.25) is 0 Å². The Kier molecular flexibility index (Phi) is 5.46. The van der Waals surface area contributed by atoms with Crippen LogP contribution in [-0.4, -0.2) is 51.7 Å². The van der Waals surface area contributed by atoms with Crippen LogP contribution in [0.3, 0.4) is 0 Å². The van der Waals surface area contributed by atoms with E-state index in [1.54, 1.807) is 6.07 Å². The second-order valence-electron chi connectivity index (χ2n) is 7.07. The Labute approximate surface area is 157 Å². The van der Waals surface area contributed by atoms with Gasteiger partial charge in [-0.15, -0.1) is 0 Å². The van der Waals surface area contributed by atoms with E-state index in [2.05, 4.69) is 40.6 Å². The van der Waals surface area contributed by atoms with E-state index in [0.717, 1.165) is 26.6 Å². The van der Waals surface area contributed by atoms with Crippen molar-refractivity contribution in [1.29, 1.82) is 0 Å². The quantitative estimate of drug-likeness (QED) is 0.633. The molecular weight excluding hydrogens is 346 g/mol. The van der Waals surface area contributed by atoms with Crippen molar-refractivity contribution in [2.75, 3.05) is 25.4 Å². The molecule has 0 bridgehead atoms. The lowest BCUT2D eigenvalue weighted by Gasteiger charge is -2.29. The summed E-state index contributed by atoms with van der Waals surface area (Å²) >= 11 is 0. The molecule has 1 aromatic heterocycles. The summed E-state index contributed by atoms with van der Waals surface area (Å²) in [4.78, 5) is 24.0. The minimum atomic E-state index is -0.833. The van der Waals surface area contributed by atoms with E-state index >= 15 is 0 Å². The second kappa shape index (κ2) is 7.79. The van der Waals surface area contributed by atoms with E-state index in [4.69, 9.17) is 15.6 Å². The molecule has 8 heteroatoms. The van der Waals surface area contributed by atoms with Crippen LogP contribution in [0.1, 0.15) is 34.6 Å². The van der Waals surface area contributed by atoms with E-state index in [-0.39, 0.29) is 11.9 Å². The highest BCUT2D eigenvalue weighted by molar-refractivity contribution is 5.93. The Hall–Kier alpha value is -2.87. The van der Waals surface area contributed by atoms with Gasteiger partial charge in [0.1, 0.15) is 11.5 Å². The highest BCUT2D eigenvalue weighted by Crippen LogP contribution is 2.44. The highest BCUT2D eigenvalue weighted by atomic mass is 16.4. The number of hydrogen-bond donors (Lipinski definition) is 4.